The summed E-state index contributed by atoms with van der Waals surface area (Å²) in [6, 6.07) is 11.9. The zero-order chi connectivity index (χ0) is 24.8. The van der Waals surface area contributed by atoms with Gasteiger partial charge in [0, 0.05) is 12.7 Å². The van der Waals surface area contributed by atoms with Gasteiger partial charge in [0.05, 0.1) is 35.9 Å². The maximum Gasteiger partial charge on any atom is 0.412 e. The highest BCUT2D eigenvalue weighted by atomic mass is 32.2. The van der Waals surface area contributed by atoms with Gasteiger partial charge in [0.25, 0.3) is 0 Å². The Bertz CT molecular complexity index is 1160. The Labute approximate surface area is 193 Å². The molecule has 2 N–H and O–H groups in total. The van der Waals surface area contributed by atoms with E-state index in [-0.39, 0.29) is 10.6 Å². The van der Waals surface area contributed by atoms with E-state index in [1.807, 2.05) is 6.07 Å². The number of amides is 2. The van der Waals surface area contributed by atoms with Crippen molar-refractivity contribution in [3.63, 3.8) is 0 Å². The molecule has 176 valence electrons. The van der Waals surface area contributed by atoms with Gasteiger partial charge < -0.3 is 14.8 Å². The fourth-order valence-corrected chi connectivity index (χ4v) is 3.79. The van der Waals surface area contributed by atoms with Crippen LogP contribution in [0.2, 0.25) is 0 Å². The largest absolute Gasteiger partial charge is 0.495 e. The minimum atomic E-state index is -3.93. The average molecular weight is 475 g/mol. The lowest BCUT2D eigenvalue weighted by Crippen LogP contribution is -2.35. The van der Waals surface area contributed by atoms with Crippen molar-refractivity contribution < 1.29 is 27.5 Å². The topological polar surface area (TPSA) is 138 Å². The third kappa shape index (κ3) is 7.20. The van der Waals surface area contributed by atoms with E-state index < -0.39 is 34.2 Å². The number of ether oxygens (including phenoxy) is 2. The number of nitrogens with one attached hydrogen (secondary N) is 2. The first-order chi connectivity index (χ1) is 15.4. The summed E-state index contributed by atoms with van der Waals surface area (Å²) in [5.41, 5.74) is 0.206. The molecule has 0 bridgehead atoms. The van der Waals surface area contributed by atoms with Crippen molar-refractivity contribution in [1.82, 2.24) is 4.31 Å². The normalized spacial score (nSPS) is 11.4. The van der Waals surface area contributed by atoms with Gasteiger partial charge >= 0.3 is 6.09 Å². The summed E-state index contributed by atoms with van der Waals surface area (Å²) in [5.74, 6) is -0.248. The fourth-order valence-electron chi connectivity index (χ4n) is 2.67. The first-order valence-electron chi connectivity index (χ1n) is 9.80. The molecular formula is C22H26N4O6S. The van der Waals surface area contributed by atoms with Gasteiger partial charge in [-0.2, -0.15) is 9.57 Å². The van der Waals surface area contributed by atoms with Gasteiger partial charge in [-0.25, -0.2) is 13.2 Å². The molecule has 0 radical (unpaired) electrons. The number of nitrogens with zero attached hydrogens (tertiary/aromatic N) is 2. The van der Waals surface area contributed by atoms with Crippen LogP contribution >= 0.6 is 0 Å². The highest BCUT2D eigenvalue weighted by Crippen LogP contribution is 2.28. The second kappa shape index (κ2) is 10.3. The van der Waals surface area contributed by atoms with Crippen LogP contribution in [-0.4, -0.2) is 51.0 Å². The van der Waals surface area contributed by atoms with Crippen LogP contribution in [0.15, 0.2) is 47.4 Å². The molecule has 11 heteroatoms. The zero-order valence-electron chi connectivity index (χ0n) is 19.0. The number of methoxy groups -OCH3 is 1. The molecule has 0 aromatic heterocycles. The molecular weight excluding hydrogens is 448 g/mol. The van der Waals surface area contributed by atoms with E-state index in [2.05, 4.69) is 10.6 Å². The highest BCUT2D eigenvalue weighted by Gasteiger charge is 2.23. The second-order valence-electron chi connectivity index (χ2n) is 7.99. The Morgan fingerprint density at radius 1 is 1.09 bits per heavy atom. The molecule has 0 aliphatic carbocycles. The average Bonchev–Trinajstić information content (AvgIpc) is 2.72. The van der Waals surface area contributed by atoms with Crippen LogP contribution in [0.3, 0.4) is 0 Å². The number of carbonyl (C=O) groups is 2. The highest BCUT2D eigenvalue weighted by molar-refractivity contribution is 7.89. The number of hydrogen-bond donors (Lipinski definition) is 2. The van der Waals surface area contributed by atoms with Crippen molar-refractivity contribution in [1.29, 1.82) is 5.26 Å². The maximum atomic E-state index is 12.7. The monoisotopic (exact) mass is 474 g/mol. The van der Waals surface area contributed by atoms with Gasteiger partial charge in [-0.1, -0.05) is 0 Å². The summed E-state index contributed by atoms with van der Waals surface area (Å²) in [4.78, 5) is 24.5. The van der Waals surface area contributed by atoms with E-state index in [0.717, 1.165) is 4.31 Å². The third-order valence-corrected chi connectivity index (χ3v) is 5.99. The number of benzene rings is 2. The molecule has 0 fully saturated rings. The molecule has 2 aromatic rings. The molecule has 2 aromatic carbocycles. The first-order valence-corrected chi connectivity index (χ1v) is 11.2. The summed E-state index contributed by atoms with van der Waals surface area (Å²) in [6.07, 6.45) is -0.697. The van der Waals surface area contributed by atoms with Crippen molar-refractivity contribution in [2.75, 3.05) is 31.3 Å². The molecule has 0 spiro atoms. The van der Waals surface area contributed by atoms with Crippen LogP contribution in [0.5, 0.6) is 5.75 Å². The predicted molar refractivity (Wildman–Crippen MR) is 122 cm³/mol. The van der Waals surface area contributed by atoms with Crippen molar-refractivity contribution in [2.24, 2.45) is 0 Å². The smallest absolute Gasteiger partial charge is 0.412 e. The van der Waals surface area contributed by atoms with Crippen LogP contribution in [0.1, 0.15) is 26.3 Å². The number of likely N-dealkylation sites (N-methyl/N-ethyl adjacent to an activating group) is 1. The van der Waals surface area contributed by atoms with Gasteiger partial charge in [-0.15, -0.1) is 0 Å². The number of hydrogen-bond acceptors (Lipinski definition) is 7. The summed E-state index contributed by atoms with van der Waals surface area (Å²) >= 11 is 0. The predicted octanol–water partition coefficient (Wildman–Crippen LogP) is 3.17. The van der Waals surface area contributed by atoms with Crippen LogP contribution in [0, 0.1) is 11.3 Å². The summed E-state index contributed by atoms with van der Waals surface area (Å²) in [7, 11) is -1.23. The van der Waals surface area contributed by atoms with Crippen LogP contribution in [-0.2, 0) is 19.6 Å². The van der Waals surface area contributed by atoms with Crippen LogP contribution in [0.4, 0.5) is 16.2 Å². The minimum Gasteiger partial charge on any atom is -0.495 e. The maximum absolute atomic E-state index is 12.7. The lowest BCUT2D eigenvalue weighted by molar-refractivity contribution is -0.116. The Morgan fingerprint density at radius 2 is 1.73 bits per heavy atom. The molecule has 0 unspecified atom stereocenters. The standard InChI is InChI=1S/C22H26N4O6S/c1-22(2,3)32-21(28)25-18-12-16(8-11-19(18)31-5)24-20(27)14-26(4)33(29,30)17-9-6-15(13-23)7-10-17/h6-12H,14H2,1-5H3,(H,24,27)(H,25,28). The van der Waals surface area contributed by atoms with E-state index in [0.29, 0.717) is 17.0 Å². The molecule has 2 rings (SSSR count). The van der Waals surface area contributed by atoms with Crippen LogP contribution < -0.4 is 15.4 Å². The summed E-state index contributed by atoms with van der Waals surface area (Å²) < 4.78 is 36.7. The van der Waals surface area contributed by atoms with Gasteiger partial charge in [0.15, 0.2) is 0 Å². The van der Waals surface area contributed by atoms with E-state index in [4.69, 9.17) is 14.7 Å². The van der Waals surface area contributed by atoms with Crippen molar-refractivity contribution >= 4 is 33.4 Å². The number of sulfonamides is 1. The SMILES string of the molecule is COc1ccc(NC(=O)CN(C)S(=O)(=O)c2ccc(C#N)cc2)cc1NC(=O)OC(C)(C)C. The van der Waals surface area contributed by atoms with E-state index in [9.17, 15) is 18.0 Å². The van der Waals surface area contributed by atoms with Gasteiger partial charge in [-0.05, 0) is 63.2 Å². The van der Waals surface area contributed by atoms with Gasteiger partial charge in [0.1, 0.15) is 11.4 Å². The van der Waals surface area contributed by atoms with Gasteiger partial charge in [-0.3, -0.25) is 10.1 Å². The minimum absolute atomic E-state index is 0.0369. The molecule has 0 saturated heterocycles. The molecule has 0 heterocycles. The fraction of sp³-hybridized carbons (Fsp3) is 0.318. The van der Waals surface area contributed by atoms with Crippen LogP contribution in [0.25, 0.3) is 0 Å². The molecule has 33 heavy (non-hydrogen) atoms. The molecule has 0 saturated carbocycles. The summed E-state index contributed by atoms with van der Waals surface area (Å²) in [5, 5.41) is 14.0. The Hall–Kier alpha value is -3.62. The zero-order valence-corrected chi connectivity index (χ0v) is 19.8. The van der Waals surface area contributed by atoms with Crippen molar-refractivity contribution in [3.05, 3.63) is 48.0 Å². The molecule has 2 amide bonds. The van der Waals surface area contributed by atoms with E-state index in [1.54, 1.807) is 32.9 Å². The molecule has 0 atom stereocenters. The Balaban J connectivity index is 2.11. The quantitative estimate of drug-likeness (QED) is 0.628. The molecule has 0 aliphatic rings. The van der Waals surface area contributed by atoms with Crippen molar-refractivity contribution in [2.45, 2.75) is 31.3 Å². The number of nitriles is 1. The Morgan fingerprint density at radius 3 is 2.27 bits per heavy atom. The Kier molecular flexibility index (Phi) is 8.03. The lowest BCUT2D eigenvalue weighted by atomic mass is 10.2. The second-order valence-corrected chi connectivity index (χ2v) is 10.0. The lowest BCUT2D eigenvalue weighted by Gasteiger charge is -2.20. The van der Waals surface area contributed by atoms with Crippen molar-refractivity contribution in [3.8, 4) is 11.8 Å². The van der Waals surface area contributed by atoms with E-state index >= 15 is 0 Å². The number of rotatable bonds is 7. The van der Waals surface area contributed by atoms with Gasteiger partial charge in [0.2, 0.25) is 15.9 Å². The number of anilines is 2. The first kappa shape index (κ1) is 25.6. The third-order valence-electron chi connectivity index (χ3n) is 4.18. The number of carbonyl (C=O) groups excluding carboxylic acids is 2. The summed E-state index contributed by atoms with van der Waals surface area (Å²) in [6.45, 7) is 4.72. The van der Waals surface area contributed by atoms with E-state index in [1.165, 1.54) is 44.5 Å². The molecule has 10 nitrogen and oxygen atoms in total. The molecule has 0 aliphatic heterocycles.